The Morgan fingerprint density at radius 3 is 0.912 bits per heavy atom. The average Bonchev–Trinajstić information content (AvgIpc) is 3.18. The van der Waals surface area contributed by atoms with E-state index in [0.29, 0.717) is 11.3 Å². The van der Waals surface area contributed by atoms with E-state index in [-0.39, 0.29) is 28.7 Å². The van der Waals surface area contributed by atoms with Crippen molar-refractivity contribution >= 4 is 11.8 Å². The van der Waals surface area contributed by atoms with E-state index in [4.69, 9.17) is 23.7 Å². The first-order valence-corrected chi connectivity index (χ1v) is 17.3. The number of Topliss-reactive ketones (excluding diaryl/α,β-unsaturated/α-hetero) is 1. The van der Waals surface area contributed by atoms with E-state index in [9.17, 15) is 35.9 Å². The zero-order valence-electron chi connectivity index (χ0n) is 32.7. The number of hydrogen-bond acceptors (Lipinski definition) is 7. The summed E-state index contributed by atoms with van der Waals surface area (Å²) in [5.41, 5.74) is -2.97. The number of alkyl halides is 6. The van der Waals surface area contributed by atoms with Gasteiger partial charge in [0.25, 0.3) is 0 Å². The van der Waals surface area contributed by atoms with Gasteiger partial charge in [-0.1, -0.05) is 62.4 Å². The first kappa shape index (κ1) is 45.4. The van der Waals surface area contributed by atoms with E-state index in [2.05, 4.69) is 38.1 Å². The lowest BCUT2D eigenvalue weighted by atomic mass is 9.73. The molecule has 0 aliphatic heterocycles. The topological polar surface area (TPSA) is 80.3 Å². The van der Waals surface area contributed by atoms with Crippen molar-refractivity contribution in [3.8, 4) is 28.7 Å². The molecular weight excluding hydrogens is 754 g/mol. The number of ketones is 1. The Morgan fingerprint density at radius 2 is 0.684 bits per heavy atom. The molecule has 57 heavy (non-hydrogen) atoms. The molecule has 5 rings (SSSR count). The highest BCUT2D eigenvalue weighted by Crippen LogP contribution is 2.56. The molecule has 0 amide bonds. The summed E-state index contributed by atoms with van der Waals surface area (Å²) in [7, 11) is 5.89. The predicted molar refractivity (Wildman–Crippen MR) is 205 cm³/mol. The SMILES string of the molecule is CC(=O)Oc1ccc(C(C)=O)cc1.COc1ccc(C(C)(C)c2ccc(OC)cc2)cc1.COc1ccc(C(c2ccc(OC)cc2)(C(F)(F)F)C(F)(F)F)cc1. The quantitative estimate of drug-likeness (QED) is 0.0602. The molecule has 0 saturated heterocycles. The number of ether oxygens (including phenoxy) is 5. The molecule has 5 aromatic rings. The smallest absolute Gasteiger partial charge is 0.411 e. The third-order valence-corrected chi connectivity index (χ3v) is 9.04. The van der Waals surface area contributed by atoms with Crippen LogP contribution >= 0.6 is 0 Å². The molecule has 0 atom stereocenters. The molecular formula is C44H44F6O7. The van der Waals surface area contributed by atoms with Crippen LogP contribution in [0.25, 0.3) is 0 Å². The fourth-order valence-electron chi connectivity index (χ4n) is 5.77. The maximum atomic E-state index is 13.8. The highest BCUT2D eigenvalue weighted by molar-refractivity contribution is 5.94. The van der Waals surface area contributed by atoms with Gasteiger partial charge in [-0.2, -0.15) is 26.3 Å². The molecule has 304 valence electrons. The minimum Gasteiger partial charge on any atom is -0.497 e. The highest BCUT2D eigenvalue weighted by Gasteiger charge is 2.72. The fourth-order valence-corrected chi connectivity index (χ4v) is 5.77. The Kier molecular flexibility index (Phi) is 15.3. The zero-order valence-corrected chi connectivity index (χ0v) is 32.7. The Hall–Kier alpha value is -5.98. The molecule has 0 aromatic heterocycles. The van der Waals surface area contributed by atoms with Crippen LogP contribution in [0.15, 0.2) is 121 Å². The minimum atomic E-state index is -5.62. The van der Waals surface area contributed by atoms with Crippen LogP contribution in [0.1, 0.15) is 60.3 Å². The number of carbonyl (C=O) groups is 2. The van der Waals surface area contributed by atoms with Crippen molar-refractivity contribution in [3.05, 3.63) is 149 Å². The Bertz CT molecular complexity index is 1910. The van der Waals surface area contributed by atoms with Gasteiger partial charge in [-0.15, -0.1) is 0 Å². The van der Waals surface area contributed by atoms with Gasteiger partial charge in [-0.05, 0) is 102 Å². The molecule has 0 bridgehead atoms. The van der Waals surface area contributed by atoms with Crippen molar-refractivity contribution < 1.29 is 59.6 Å². The minimum absolute atomic E-state index is 0.00521. The fraction of sp³-hybridized carbons (Fsp3) is 0.273. The summed E-state index contributed by atoms with van der Waals surface area (Å²) in [4.78, 5) is 21.4. The van der Waals surface area contributed by atoms with Gasteiger partial charge >= 0.3 is 18.3 Å². The summed E-state index contributed by atoms with van der Waals surface area (Å²) >= 11 is 0. The third kappa shape index (κ3) is 11.1. The molecule has 0 saturated carbocycles. The first-order chi connectivity index (χ1) is 26.7. The molecule has 0 heterocycles. The lowest BCUT2D eigenvalue weighted by Crippen LogP contribution is -2.54. The number of hydrogen-bond donors (Lipinski definition) is 0. The molecule has 7 nitrogen and oxygen atoms in total. The highest BCUT2D eigenvalue weighted by atomic mass is 19.4. The van der Waals surface area contributed by atoms with Crippen LogP contribution in [0.3, 0.4) is 0 Å². The van der Waals surface area contributed by atoms with E-state index in [1.807, 2.05) is 24.3 Å². The van der Waals surface area contributed by atoms with Crippen molar-refractivity contribution in [2.45, 2.75) is 50.9 Å². The van der Waals surface area contributed by atoms with Crippen LogP contribution in [-0.2, 0) is 15.6 Å². The summed E-state index contributed by atoms with van der Waals surface area (Å²) in [5, 5.41) is 0. The van der Waals surface area contributed by atoms with Crippen molar-refractivity contribution in [1.29, 1.82) is 0 Å². The molecule has 0 N–H and O–H groups in total. The van der Waals surface area contributed by atoms with Crippen molar-refractivity contribution in [2.75, 3.05) is 28.4 Å². The summed E-state index contributed by atoms with van der Waals surface area (Å²) in [6, 6.07) is 30.2. The van der Waals surface area contributed by atoms with Crippen LogP contribution in [0.2, 0.25) is 0 Å². The van der Waals surface area contributed by atoms with E-state index in [0.717, 1.165) is 60.0 Å². The van der Waals surface area contributed by atoms with Gasteiger partial charge in [0.2, 0.25) is 5.41 Å². The largest absolute Gasteiger partial charge is 0.497 e. The van der Waals surface area contributed by atoms with Gasteiger partial charge in [-0.3, -0.25) is 9.59 Å². The van der Waals surface area contributed by atoms with E-state index >= 15 is 0 Å². The lowest BCUT2D eigenvalue weighted by molar-refractivity contribution is -0.288. The van der Waals surface area contributed by atoms with Gasteiger partial charge in [0.05, 0.1) is 28.4 Å². The molecule has 5 aromatic carbocycles. The number of esters is 1. The number of rotatable bonds is 10. The molecule has 0 unspecified atom stereocenters. The molecule has 0 spiro atoms. The second-order valence-electron chi connectivity index (χ2n) is 13.0. The van der Waals surface area contributed by atoms with Gasteiger partial charge in [0.15, 0.2) is 5.78 Å². The summed E-state index contributed by atoms with van der Waals surface area (Å²) < 4.78 is 108. The number of benzene rings is 5. The molecule has 0 fully saturated rings. The van der Waals surface area contributed by atoms with Gasteiger partial charge in [0.1, 0.15) is 28.7 Å². The Labute approximate surface area is 328 Å². The van der Waals surface area contributed by atoms with Gasteiger partial charge < -0.3 is 23.7 Å². The first-order valence-electron chi connectivity index (χ1n) is 17.3. The van der Waals surface area contributed by atoms with Crippen molar-refractivity contribution in [1.82, 2.24) is 0 Å². The normalized spacial score (nSPS) is 11.5. The average molecular weight is 799 g/mol. The van der Waals surface area contributed by atoms with Crippen molar-refractivity contribution in [3.63, 3.8) is 0 Å². The molecule has 0 radical (unpaired) electrons. The monoisotopic (exact) mass is 798 g/mol. The van der Waals surface area contributed by atoms with Gasteiger partial charge in [0, 0.05) is 17.9 Å². The summed E-state index contributed by atoms with van der Waals surface area (Å²) in [5.74, 6) is 2.15. The molecule has 0 aliphatic carbocycles. The van der Waals surface area contributed by atoms with E-state index in [1.165, 1.54) is 39.2 Å². The van der Waals surface area contributed by atoms with Crippen molar-refractivity contribution in [2.24, 2.45) is 0 Å². The second kappa shape index (κ2) is 19.2. The third-order valence-electron chi connectivity index (χ3n) is 9.04. The standard InChI is InChI=1S/C17H14F6O2.C17H20O2.C10H10O3/c1-24-13-7-3-11(4-8-13)15(16(18,19)20,17(21,22)23)12-5-9-14(25-2)10-6-12;1-17(2,13-5-9-15(18-3)10-6-13)14-7-11-16(19-4)12-8-14;1-7(11)9-3-5-10(6-4-9)13-8(2)12/h3-10H,1-2H3;5-12H,1-4H3;3-6H,1-2H3. The Morgan fingerprint density at radius 1 is 0.421 bits per heavy atom. The summed E-state index contributed by atoms with van der Waals surface area (Å²) in [6.45, 7) is 7.26. The van der Waals surface area contributed by atoms with Crippen LogP contribution in [0, 0.1) is 0 Å². The van der Waals surface area contributed by atoms with Crippen LogP contribution < -0.4 is 23.7 Å². The van der Waals surface area contributed by atoms with Crippen LogP contribution in [-0.4, -0.2) is 52.5 Å². The van der Waals surface area contributed by atoms with E-state index in [1.54, 1.807) is 38.5 Å². The Balaban J connectivity index is 0.000000241. The van der Waals surface area contributed by atoms with E-state index < -0.39 is 28.9 Å². The maximum Gasteiger partial charge on any atom is 0.411 e. The zero-order chi connectivity index (χ0) is 42.6. The van der Waals surface area contributed by atoms with Crippen LogP contribution in [0.4, 0.5) is 26.3 Å². The molecule has 13 heteroatoms. The lowest BCUT2D eigenvalue weighted by Gasteiger charge is -2.38. The van der Waals surface area contributed by atoms with Crippen LogP contribution in [0.5, 0.6) is 28.7 Å². The number of methoxy groups -OCH3 is 4. The number of carbonyl (C=O) groups excluding carboxylic acids is 2. The molecule has 0 aliphatic rings. The second-order valence-corrected chi connectivity index (χ2v) is 13.0. The van der Waals surface area contributed by atoms with Gasteiger partial charge in [-0.25, -0.2) is 0 Å². The predicted octanol–water partition coefficient (Wildman–Crippen LogP) is 11.0. The summed E-state index contributed by atoms with van der Waals surface area (Å²) in [6.07, 6.45) is -11.2. The number of halogens is 6. The maximum absolute atomic E-state index is 13.8.